The van der Waals surface area contributed by atoms with Gasteiger partial charge in [0.05, 0.1) is 4.90 Å². The normalized spacial score (nSPS) is 12.9. The first-order valence-electron chi connectivity index (χ1n) is 8.21. The Morgan fingerprint density at radius 2 is 1.76 bits per heavy atom. The van der Waals surface area contributed by atoms with E-state index < -0.39 is 22.0 Å². The Kier molecular flexibility index (Phi) is 11.9. The molecule has 0 aromatic heterocycles. The number of carboxylic acid groups (broad SMARTS) is 1. The van der Waals surface area contributed by atoms with E-state index in [0.717, 1.165) is 9.87 Å². The second kappa shape index (κ2) is 11.8. The molecule has 1 aromatic carbocycles. The average Bonchev–Trinajstić information content (AvgIpc) is 2.49. The summed E-state index contributed by atoms with van der Waals surface area (Å²) in [4.78, 5) is 11.8. The molecule has 0 fully saturated rings. The van der Waals surface area contributed by atoms with Crippen LogP contribution in [0.4, 0.5) is 0 Å². The summed E-state index contributed by atoms with van der Waals surface area (Å²) >= 11 is 0. The van der Waals surface area contributed by atoms with E-state index in [-0.39, 0.29) is 75.2 Å². The van der Waals surface area contributed by atoms with E-state index >= 15 is 0 Å². The van der Waals surface area contributed by atoms with Gasteiger partial charge in [-0.3, -0.25) is 4.79 Å². The van der Waals surface area contributed by atoms with Crippen LogP contribution in [0.2, 0.25) is 0 Å². The number of sulfonamides is 1. The van der Waals surface area contributed by atoms with E-state index in [1.807, 2.05) is 20.8 Å². The molecule has 0 bridgehead atoms. The summed E-state index contributed by atoms with van der Waals surface area (Å²) in [5.74, 6) is -1.11. The number of aliphatic carboxylic acids is 1. The van der Waals surface area contributed by atoms with Crippen LogP contribution in [0.3, 0.4) is 0 Å². The molecule has 1 aromatic rings. The maximum absolute atomic E-state index is 13.0. The van der Waals surface area contributed by atoms with Gasteiger partial charge < -0.3 is 10.8 Å². The molecule has 0 unspecified atom stereocenters. The summed E-state index contributed by atoms with van der Waals surface area (Å²) in [6.07, 6.45) is 1.50. The fourth-order valence-electron chi connectivity index (χ4n) is 2.47. The molecule has 8 heteroatoms. The molecule has 0 saturated heterocycles. The predicted molar refractivity (Wildman–Crippen MR) is 101 cm³/mol. The molecule has 138 valence electrons. The van der Waals surface area contributed by atoms with Crippen molar-refractivity contribution in [3.8, 4) is 0 Å². The minimum atomic E-state index is -3.87. The van der Waals surface area contributed by atoms with E-state index in [0.29, 0.717) is 19.4 Å². The number of nitrogens with two attached hydrogens (primary N) is 1. The first-order chi connectivity index (χ1) is 11.2. The molecule has 1 atom stereocenters. The molecule has 0 amide bonds. The standard InChI is InChI=1S/C17H28N2O4S.K.H/c1-13(2)12-19(16(17(20)21)6-4-5-11-18)24(22,23)15-9-7-14(3)8-10-15;;/h7-10,13,16H,4-6,11-12,18H2,1-3H3,(H,20,21);;/t16-;;/m0../s1. The van der Waals surface area contributed by atoms with Gasteiger partial charge in [0.1, 0.15) is 6.04 Å². The van der Waals surface area contributed by atoms with Crippen LogP contribution in [-0.2, 0) is 14.8 Å². The molecule has 0 aliphatic heterocycles. The SMILES string of the molecule is Cc1ccc(S(=O)(=O)N(CC(C)C)[C@@H](CCCCN)C(=O)O)cc1.[KH]. The molecular weight excluding hydrogens is 367 g/mol. The van der Waals surface area contributed by atoms with Gasteiger partial charge in [0, 0.05) is 6.54 Å². The van der Waals surface area contributed by atoms with Crippen LogP contribution in [0.5, 0.6) is 0 Å². The number of unbranched alkanes of at least 4 members (excludes halogenated alkanes) is 1. The van der Waals surface area contributed by atoms with E-state index in [9.17, 15) is 18.3 Å². The second-order valence-electron chi connectivity index (χ2n) is 6.42. The molecule has 0 spiro atoms. The van der Waals surface area contributed by atoms with Gasteiger partial charge in [-0.15, -0.1) is 0 Å². The number of nitrogens with zero attached hydrogens (tertiary/aromatic N) is 1. The summed E-state index contributed by atoms with van der Waals surface area (Å²) in [6.45, 7) is 6.24. The van der Waals surface area contributed by atoms with E-state index in [4.69, 9.17) is 5.73 Å². The monoisotopic (exact) mass is 396 g/mol. The Balaban J connectivity index is 0.00000576. The van der Waals surface area contributed by atoms with Crippen LogP contribution in [-0.4, -0.2) is 94.3 Å². The van der Waals surface area contributed by atoms with Crippen molar-refractivity contribution in [2.45, 2.75) is 51.0 Å². The zero-order valence-electron chi connectivity index (χ0n) is 14.6. The van der Waals surface area contributed by atoms with Gasteiger partial charge in [-0.05, 0) is 50.8 Å². The first kappa shape index (κ1) is 25.2. The second-order valence-corrected chi connectivity index (χ2v) is 8.31. The molecule has 0 aliphatic rings. The Morgan fingerprint density at radius 1 is 1.20 bits per heavy atom. The van der Waals surface area contributed by atoms with Gasteiger partial charge in [0.15, 0.2) is 0 Å². The van der Waals surface area contributed by atoms with Crippen molar-refractivity contribution < 1.29 is 18.3 Å². The molecule has 0 heterocycles. The van der Waals surface area contributed by atoms with Crippen LogP contribution in [0.25, 0.3) is 0 Å². The number of aryl methyl sites for hydroxylation is 1. The maximum atomic E-state index is 13.0. The summed E-state index contributed by atoms with van der Waals surface area (Å²) < 4.78 is 27.1. The Labute approximate surface area is 193 Å². The fraction of sp³-hybridized carbons (Fsp3) is 0.588. The van der Waals surface area contributed by atoms with Gasteiger partial charge in [-0.1, -0.05) is 31.5 Å². The van der Waals surface area contributed by atoms with Gasteiger partial charge in [0.25, 0.3) is 0 Å². The fourth-order valence-corrected chi connectivity index (χ4v) is 4.25. The number of benzene rings is 1. The van der Waals surface area contributed by atoms with Gasteiger partial charge in [0.2, 0.25) is 10.0 Å². The number of hydrogen-bond acceptors (Lipinski definition) is 4. The van der Waals surface area contributed by atoms with Gasteiger partial charge in [-0.2, -0.15) is 4.31 Å². The number of carboxylic acids is 1. The summed E-state index contributed by atoms with van der Waals surface area (Å²) in [7, 11) is -3.87. The molecule has 25 heavy (non-hydrogen) atoms. The summed E-state index contributed by atoms with van der Waals surface area (Å²) in [5, 5.41) is 9.57. The molecule has 1 rings (SSSR count). The van der Waals surface area contributed by atoms with Crippen molar-refractivity contribution in [1.82, 2.24) is 4.31 Å². The van der Waals surface area contributed by atoms with Crippen LogP contribution < -0.4 is 5.73 Å². The van der Waals surface area contributed by atoms with Crippen molar-refractivity contribution in [2.24, 2.45) is 11.7 Å². The quantitative estimate of drug-likeness (QED) is 0.462. The summed E-state index contributed by atoms with van der Waals surface area (Å²) in [5.41, 5.74) is 6.41. The zero-order valence-corrected chi connectivity index (χ0v) is 15.4. The molecule has 6 nitrogen and oxygen atoms in total. The molecule has 3 N–H and O–H groups in total. The molecular formula is C17H29KN2O4S. The van der Waals surface area contributed by atoms with Gasteiger partial charge in [-0.25, -0.2) is 8.42 Å². The average molecular weight is 397 g/mol. The van der Waals surface area contributed by atoms with E-state index in [2.05, 4.69) is 0 Å². The minimum absolute atomic E-state index is 0. The molecule has 0 radical (unpaired) electrons. The van der Waals surface area contributed by atoms with Crippen LogP contribution in [0, 0.1) is 12.8 Å². The van der Waals surface area contributed by atoms with Crippen molar-refractivity contribution in [3.05, 3.63) is 29.8 Å². The number of rotatable bonds is 10. The Morgan fingerprint density at radius 3 is 2.20 bits per heavy atom. The third kappa shape index (κ3) is 7.76. The Bertz CT molecular complexity index is 633. The van der Waals surface area contributed by atoms with Crippen LogP contribution >= 0.6 is 0 Å². The van der Waals surface area contributed by atoms with E-state index in [1.54, 1.807) is 12.1 Å². The molecule has 0 saturated carbocycles. The molecule has 0 aliphatic carbocycles. The van der Waals surface area contributed by atoms with Gasteiger partial charge >= 0.3 is 57.4 Å². The van der Waals surface area contributed by atoms with Crippen molar-refractivity contribution in [2.75, 3.05) is 13.1 Å². The topological polar surface area (TPSA) is 101 Å². The van der Waals surface area contributed by atoms with Crippen molar-refractivity contribution in [3.63, 3.8) is 0 Å². The van der Waals surface area contributed by atoms with Crippen molar-refractivity contribution >= 4 is 67.4 Å². The third-order valence-corrected chi connectivity index (χ3v) is 5.63. The number of carbonyl (C=O) groups is 1. The van der Waals surface area contributed by atoms with Crippen LogP contribution in [0.15, 0.2) is 29.2 Å². The third-order valence-electron chi connectivity index (χ3n) is 3.74. The predicted octanol–water partition coefficient (Wildman–Crippen LogP) is 1.58. The first-order valence-corrected chi connectivity index (χ1v) is 9.65. The zero-order chi connectivity index (χ0) is 18.3. The van der Waals surface area contributed by atoms with Crippen LogP contribution in [0.1, 0.15) is 38.7 Å². The summed E-state index contributed by atoms with van der Waals surface area (Å²) in [6, 6.07) is 5.40. The van der Waals surface area contributed by atoms with Crippen molar-refractivity contribution in [1.29, 1.82) is 0 Å². The van der Waals surface area contributed by atoms with E-state index in [1.165, 1.54) is 12.1 Å². The Hall–Kier alpha value is 0.196. The number of hydrogen-bond donors (Lipinski definition) is 2.